The van der Waals surface area contributed by atoms with Gasteiger partial charge in [-0.3, -0.25) is 4.79 Å². The third-order valence-electron chi connectivity index (χ3n) is 4.00. The van der Waals surface area contributed by atoms with Crippen LogP contribution in [0.1, 0.15) is 34.8 Å². The lowest BCUT2D eigenvalue weighted by Gasteiger charge is -2.23. The molecule has 0 aliphatic carbocycles. The average molecular weight is 327 g/mol. The third-order valence-corrected chi connectivity index (χ3v) is 4.00. The Morgan fingerprint density at radius 1 is 1.04 bits per heavy atom. The second-order valence-corrected chi connectivity index (χ2v) is 5.72. The van der Waals surface area contributed by atoms with Gasteiger partial charge in [0, 0.05) is 24.2 Å². The molecule has 1 amide bonds. The Balaban J connectivity index is 2.32. The van der Waals surface area contributed by atoms with E-state index in [4.69, 9.17) is 9.47 Å². The lowest BCUT2D eigenvalue weighted by Crippen LogP contribution is -2.31. The zero-order valence-electron chi connectivity index (χ0n) is 14.8. The third kappa shape index (κ3) is 4.07. The van der Waals surface area contributed by atoms with E-state index in [1.807, 2.05) is 42.2 Å². The van der Waals surface area contributed by atoms with E-state index in [2.05, 4.69) is 6.92 Å². The van der Waals surface area contributed by atoms with Gasteiger partial charge in [-0.05, 0) is 31.0 Å². The molecule has 0 heterocycles. The summed E-state index contributed by atoms with van der Waals surface area (Å²) in [5, 5.41) is 0. The molecule has 4 nitrogen and oxygen atoms in total. The first-order valence-corrected chi connectivity index (χ1v) is 8.16. The molecule has 24 heavy (non-hydrogen) atoms. The van der Waals surface area contributed by atoms with E-state index in [-0.39, 0.29) is 5.91 Å². The van der Waals surface area contributed by atoms with E-state index >= 15 is 0 Å². The standard InChI is InChI=1S/C20H25NO3/c1-5-11-21(14-16-9-7-6-8-10-16)20(22)17-12-18(23-3)15(2)19(13-17)24-4/h6-10,12-13H,5,11,14H2,1-4H3. The molecule has 0 bridgehead atoms. The Hall–Kier alpha value is -2.49. The summed E-state index contributed by atoms with van der Waals surface area (Å²) in [5.41, 5.74) is 2.59. The second kappa shape index (κ2) is 8.39. The minimum atomic E-state index is -0.0164. The summed E-state index contributed by atoms with van der Waals surface area (Å²) in [4.78, 5) is 14.9. The quantitative estimate of drug-likeness (QED) is 0.769. The van der Waals surface area contributed by atoms with Crippen LogP contribution in [-0.4, -0.2) is 31.6 Å². The minimum Gasteiger partial charge on any atom is -0.496 e. The molecule has 2 aromatic carbocycles. The molecule has 128 valence electrons. The molecule has 0 aromatic heterocycles. The molecule has 0 fully saturated rings. The summed E-state index contributed by atoms with van der Waals surface area (Å²) in [5.74, 6) is 1.31. The van der Waals surface area contributed by atoms with E-state index < -0.39 is 0 Å². The maximum Gasteiger partial charge on any atom is 0.254 e. The van der Waals surface area contributed by atoms with Crippen molar-refractivity contribution in [3.05, 3.63) is 59.2 Å². The van der Waals surface area contributed by atoms with Crippen molar-refractivity contribution < 1.29 is 14.3 Å². The molecule has 0 saturated heterocycles. The summed E-state index contributed by atoms with van der Waals surface area (Å²) >= 11 is 0. The fourth-order valence-corrected chi connectivity index (χ4v) is 2.72. The molecule has 0 radical (unpaired) electrons. The number of ether oxygens (including phenoxy) is 2. The second-order valence-electron chi connectivity index (χ2n) is 5.72. The van der Waals surface area contributed by atoms with Gasteiger partial charge >= 0.3 is 0 Å². The van der Waals surface area contributed by atoms with Crippen LogP contribution < -0.4 is 9.47 Å². The highest BCUT2D eigenvalue weighted by Crippen LogP contribution is 2.30. The molecule has 0 aliphatic rings. The van der Waals surface area contributed by atoms with E-state index in [0.29, 0.717) is 30.2 Å². The number of carbonyl (C=O) groups excluding carboxylic acids is 1. The van der Waals surface area contributed by atoms with Crippen molar-refractivity contribution in [2.24, 2.45) is 0 Å². The number of hydrogen-bond donors (Lipinski definition) is 0. The molecule has 4 heteroatoms. The number of nitrogens with zero attached hydrogens (tertiary/aromatic N) is 1. The van der Waals surface area contributed by atoms with Gasteiger partial charge in [0.2, 0.25) is 0 Å². The summed E-state index contributed by atoms with van der Waals surface area (Å²) in [6.07, 6.45) is 0.901. The number of benzene rings is 2. The van der Waals surface area contributed by atoms with Gasteiger partial charge in [-0.15, -0.1) is 0 Å². The molecule has 0 aliphatic heterocycles. The first-order valence-electron chi connectivity index (χ1n) is 8.16. The highest BCUT2D eigenvalue weighted by molar-refractivity contribution is 5.95. The van der Waals surface area contributed by atoms with Crippen LogP contribution in [0.5, 0.6) is 11.5 Å². The lowest BCUT2D eigenvalue weighted by atomic mass is 10.1. The SMILES string of the molecule is CCCN(Cc1ccccc1)C(=O)c1cc(OC)c(C)c(OC)c1. The predicted octanol–water partition coefficient (Wildman–Crippen LogP) is 4.06. The zero-order valence-corrected chi connectivity index (χ0v) is 14.8. The number of methoxy groups -OCH3 is 2. The zero-order chi connectivity index (χ0) is 17.5. The van der Waals surface area contributed by atoms with Crippen molar-refractivity contribution in [3.63, 3.8) is 0 Å². The average Bonchev–Trinajstić information content (AvgIpc) is 2.62. The Kier molecular flexibility index (Phi) is 6.24. The minimum absolute atomic E-state index is 0.0164. The van der Waals surface area contributed by atoms with E-state index in [9.17, 15) is 4.79 Å². The van der Waals surface area contributed by atoms with Crippen LogP contribution >= 0.6 is 0 Å². The summed E-state index contributed by atoms with van der Waals surface area (Å²) in [7, 11) is 3.20. The molecule has 0 N–H and O–H groups in total. The molecule has 0 spiro atoms. The first-order chi connectivity index (χ1) is 11.6. The number of carbonyl (C=O) groups is 1. The molecule has 0 unspecified atom stereocenters. The van der Waals surface area contributed by atoms with Crippen LogP contribution in [0.4, 0.5) is 0 Å². The lowest BCUT2D eigenvalue weighted by molar-refractivity contribution is 0.0742. The molecule has 2 rings (SSSR count). The Morgan fingerprint density at radius 3 is 2.12 bits per heavy atom. The maximum atomic E-state index is 13.0. The number of rotatable bonds is 7. The van der Waals surface area contributed by atoms with Crippen LogP contribution in [-0.2, 0) is 6.54 Å². The van der Waals surface area contributed by atoms with Crippen molar-refractivity contribution >= 4 is 5.91 Å². The van der Waals surface area contributed by atoms with Crippen molar-refractivity contribution in [1.29, 1.82) is 0 Å². The van der Waals surface area contributed by atoms with Gasteiger partial charge < -0.3 is 14.4 Å². The Bertz CT molecular complexity index is 658. The first kappa shape index (κ1) is 17.9. The predicted molar refractivity (Wildman–Crippen MR) is 95.8 cm³/mol. The van der Waals surface area contributed by atoms with E-state index in [1.165, 1.54) is 0 Å². The van der Waals surface area contributed by atoms with Crippen molar-refractivity contribution in [3.8, 4) is 11.5 Å². The van der Waals surface area contributed by atoms with Crippen molar-refractivity contribution in [1.82, 2.24) is 4.90 Å². The van der Waals surface area contributed by atoms with Gasteiger partial charge in [-0.25, -0.2) is 0 Å². The van der Waals surface area contributed by atoms with Crippen molar-refractivity contribution in [2.45, 2.75) is 26.8 Å². The molecular formula is C20H25NO3. The van der Waals surface area contributed by atoms with Gasteiger partial charge in [-0.1, -0.05) is 37.3 Å². The molecule has 2 aromatic rings. The van der Waals surface area contributed by atoms with Crippen LogP contribution in [0, 0.1) is 6.92 Å². The fourth-order valence-electron chi connectivity index (χ4n) is 2.72. The van der Waals surface area contributed by atoms with Gasteiger partial charge in [0.1, 0.15) is 11.5 Å². The Morgan fingerprint density at radius 2 is 1.62 bits per heavy atom. The fraction of sp³-hybridized carbons (Fsp3) is 0.350. The Labute approximate surface area is 144 Å². The number of hydrogen-bond acceptors (Lipinski definition) is 3. The highest BCUT2D eigenvalue weighted by Gasteiger charge is 2.19. The van der Waals surface area contributed by atoms with Gasteiger partial charge in [0.05, 0.1) is 14.2 Å². The van der Waals surface area contributed by atoms with Gasteiger partial charge in [0.25, 0.3) is 5.91 Å². The summed E-state index contributed by atoms with van der Waals surface area (Å²) in [6.45, 7) is 5.28. The summed E-state index contributed by atoms with van der Waals surface area (Å²) in [6, 6.07) is 13.6. The van der Waals surface area contributed by atoms with E-state index in [1.54, 1.807) is 26.4 Å². The smallest absolute Gasteiger partial charge is 0.254 e. The van der Waals surface area contributed by atoms with Crippen LogP contribution in [0.3, 0.4) is 0 Å². The molecule has 0 saturated carbocycles. The van der Waals surface area contributed by atoms with Crippen molar-refractivity contribution in [2.75, 3.05) is 20.8 Å². The van der Waals surface area contributed by atoms with Crippen LogP contribution in [0.25, 0.3) is 0 Å². The van der Waals surface area contributed by atoms with Crippen LogP contribution in [0.15, 0.2) is 42.5 Å². The topological polar surface area (TPSA) is 38.8 Å². The van der Waals surface area contributed by atoms with Gasteiger partial charge in [-0.2, -0.15) is 0 Å². The molecular weight excluding hydrogens is 302 g/mol. The molecule has 0 atom stereocenters. The maximum absolute atomic E-state index is 13.0. The normalized spacial score (nSPS) is 10.3. The number of amides is 1. The van der Waals surface area contributed by atoms with Gasteiger partial charge in [0.15, 0.2) is 0 Å². The monoisotopic (exact) mass is 327 g/mol. The summed E-state index contributed by atoms with van der Waals surface area (Å²) < 4.78 is 10.8. The highest BCUT2D eigenvalue weighted by atomic mass is 16.5. The largest absolute Gasteiger partial charge is 0.496 e. The van der Waals surface area contributed by atoms with Crippen LogP contribution in [0.2, 0.25) is 0 Å². The van der Waals surface area contributed by atoms with E-state index in [0.717, 1.165) is 17.5 Å².